The van der Waals surface area contributed by atoms with Gasteiger partial charge < -0.3 is 4.79 Å². The number of carbonyl (C=O) groups excluding carboxylic acids is 1. The first-order valence-electron chi connectivity index (χ1n) is 4.97. The van der Waals surface area contributed by atoms with Crippen LogP contribution in [0, 0.1) is 10.1 Å². The zero-order valence-electron chi connectivity index (χ0n) is 9.01. The SMILES string of the molecule is CC(=O)CCCSc1ccccc1[N+](=O)[O-]. The number of carbonyl (C=O) groups is 1. The third-order valence-corrected chi connectivity index (χ3v) is 3.14. The number of Topliss-reactive ketones (excluding diaryl/α,β-unsaturated/α-hetero) is 1. The molecule has 0 spiro atoms. The number of nitrogens with zero attached hydrogens (tertiary/aromatic N) is 1. The molecule has 0 aliphatic heterocycles. The van der Waals surface area contributed by atoms with Crippen LogP contribution in [0.1, 0.15) is 19.8 Å². The highest BCUT2D eigenvalue weighted by Gasteiger charge is 2.11. The summed E-state index contributed by atoms with van der Waals surface area (Å²) in [6.45, 7) is 1.55. The van der Waals surface area contributed by atoms with Gasteiger partial charge in [0, 0.05) is 12.5 Å². The Labute approximate surface area is 98.2 Å². The second kappa shape index (κ2) is 6.27. The molecule has 0 aliphatic rings. The molecule has 0 saturated heterocycles. The summed E-state index contributed by atoms with van der Waals surface area (Å²) in [5, 5.41) is 10.7. The van der Waals surface area contributed by atoms with Crippen molar-refractivity contribution >= 4 is 23.2 Å². The zero-order valence-corrected chi connectivity index (χ0v) is 9.83. The van der Waals surface area contributed by atoms with Gasteiger partial charge in [-0.3, -0.25) is 10.1 Å². The molecule has 0 aromatic heterocycles. The summed E-state index contributed by atoms with van der Waals surface area (Å²) in [4.78, 5) is 21.7. The second-order valence-corrected chi connectivity index (χ2v) is 4.52. The first kappa shape index (κ1) is 12.7. The Kier molecular flexibility index (Phi) is 4.98. The Morgan fingerprint density at radius 3 is 2.75 bits per heavy atom. The van der Waals surface area contributed by atoms with Crippen LogP contribution in [0.2, 0.25) is 0 Å². The van der Waals surface area contributed by atoms with Crippen LogP contribution in [0.25, 0.3) is 0 Å². The lowest BCUT2D eigenvalue weighted by Crippen LogP contribution is -1.93. The van der Waals surface area contributed by atoms with Crippen LogP contribution < -0.4 is 0 Å². The Bertz CT molecular complexity index is 393. The summed E-state index contributed by atoms with van der Waals surface area (Å²) in [6, 6.07) is 6.65. The predicted octanol–water partition coefficient (Wildman–Crippen LogP) is 3.06. The van der Waals surface area contributed by atoms with E-state index in [1.807, 2.05) is 0 Å². The Morgan fingerprint density at radius 1 is 1.44 bits per heavy atom. The van der Waals surface area contributed by atoms with Gasteiger partial charge in [0.25, 0.3) is 5.69 Å². The number of thioether (sulfide) groups is 1. The van der Waals surface area contributed by atoms with Crippen molar-refractivity contribution in [3.63, 3.8) is 0 Å². The predicted molar refractivity (Wildman–Crippen MR) is 63.7 cm³/mol. The van der Waals surface area contributed by atoms with Gasteiger partial charge in [-0.2, -0.15) is 0 Å². The minimum atomic E-state index is -0.382. The summed E-state index contributed by atoms with van der Waals surface area (Å²) in [7, 11) is 0. The van der Waals surface area contributed by atoms with Crippen LogP contribution in [0.5, 0.6) is 0 Å². The quantitative estimate of drug-likeness (QED) is 0.331. The molecule has 1 aromatic rings. The molecule has 0 atom stereocenters. The normalized spacial score (nSPS) is 10.1. The van der Waals surface area contributed by atoms with Crippen molar-refractivity contribution in [3.05, 3.63) is 34.4 Å². The molecule has 16 heavy (non-hydrogen) atoms. The number of nitro benzene ring substituents is 1. The lowest BCUT2D eigenvalue weighted by Gasteiger charge is -2.01. The maximum Gasteiger partial charge on any atom is 0.282 e. The highest BCUT2D eigenvalue weighted by molar-refractivity contribution is 7.99. The maximum atomic E-state index is 10.7. The summed E-state index contributed by atoms with van der Waals surface area (Å²) >= 11 is 1.42. The van der Waals surface area contributed by atoms with Gasteiger partial charge in [-0.05, 0) is 25.2 Å². The van der Waals surface area contributed by atoms with Gasteiger partial charge in [0.15, 0.2) is 0 Å². The van der Waals surface area contributed by atoms with Crippen molar-refractivity contribution in [1.82, 2.24) is 0 Å². The highest BCUT2D eigenvalue weighted by Crippen LogP contribution is 2.29. The fourth-order valence-electron chi connectivity index (χ4n) is 1.23. The van der Waals surface area contributed by atoms with Gasteiger partial charge in [-0.25, -0.2) is 0 Å². The number of benzene rings is 1. The van der Waals surface area contributed by atoms with E-state index in [1.165, 1.54) is 17.8 Å². The molecule has 0 N–H and O–H groups in total. The van der Waals surface area contributed by atoms with Crippen molar-refractivity contribution in [2.45, 2.75) is 24.7 Å². The molecule has 0 radical (unpaired) electrons. The minimum absolute atomic E-state index is 0.135. The molecule has 0 unspecified atom stereocenters. The average Bonchev–Trinajstić information content (AvgIpc) is 2.24. The van der Waals surface area contributed by atoms with Crippen LogP contribution in [-0.4, -0.2) is 16.5 Å². The van der Waals surface area contributed by atoms with Crippen molar-refractivity contribution in [2.75, 3.05) is 5.75 Å². The number of hydrogen-bond donors (Lipinski definition) is 0. The zero-order chi connectivity index (χ0) is 12.0. The lowest BCUT2D eigenvalue weighted by molar-refractivity contribution is -0.387. The summed E-state index contributed by atoms with van der Waals surface area (Å²) < 4.78 is 0. The van der Waals surface area contributed by atoms with Crippen molar-refractivity contribution in [2.24, 2.45) is 0 Å². The standard InChI is InChI=1S/C11H13NO3S/c1-9(13)5-4-8-16-11-7-3-2-6-10(11)12(14)15/h2-3,6-7H,4-5,8H2,1H3. The van der Waals surface area contributed by atoms with Crippen LogP contribution in [0.3, 0.4) is 0 Å². The van der Waals surface area contributed by atoms with Crippen molar-refractivity contribution < 1.29 is 9.72 Å². The fraction of sp³-hybridized carbons (Fsp3) is 0.364. The van der Waals surface area contributed by atoms with E-state index < -0.39 is 0 Å². The van der Waals surface area contributed by atoms with E-state index in [0.29, 0.717) is 11.3 Å². The van der Waals surface area contributed by atoms with E-state index in [9.17, 15) is 14.9 Å². The molecule has 0 heterocycles. The molecule has 0 bridgehead atoms. The summed E-state index contributed by atoms with van der Waals surface area (Å²) in [6.07, 6.45) is 1.29. The number of hydrogen-bond acceptors (Lipinski definition) is 4. The Hall–Kier alpha value is -1.36. The van der Waals surface area contributed by atoms with E-state index in [2.05, 4.69) is 0 Å². The Balaban J connectivity index is 2.53. The highest BCUT2D eigenvalue weighted by atomic mass is 32.2. The number of nitro groups is 1. The molecule has 5 heteroatoms. The van der Waals surface area contributed by atoms with Crippen LogP contribution in [0.15, 0.2) is 29.2 Å². The summed E-state index contributed by atoms with van der Waals surface area (Å²) in [5.41, 5.74) is 0.135. The first-order valence-corrected chi connectivity index (χ1v) is 5.95. The third kappa shape index (κ3) is 4.02. The van der Waals surface area contributed by atoms with Crippen LogP contribution >= 0.6 is 11.8 Å². The fourth-order valence-corrected chi connectivity index (χ4v) is 2.21. The molecular weight excluding hydrogens is 226 g/mol. The van der Waals surface area contributed by atoms with E-state index in [1.54, 1.807) is 25.1 Å². The van der Waals surface area contributed by atoms with E-state index in [4.69, 9.17) is 0 Å². The number of rotatable bonds is 6. The van der Waals surface area contributed by atoms with Gasteiger partial charge in [-0.1, -0.05) is 12.1 Å². The average molecular weight is 239 g/mol. The Morgan fingerprint density at radius 2 is 2.12 bits per heavy atom. The number of para-hydroxylation sites is 1. The van der Waals surface area contributed by atoms with Gasteiger partial charge in [0.2, 0.25) is 0 Å². The molecule has 0 fully saturated rings. The minimum Gasteiger partial charge on any atom is -0.300 e. The molecular formula is C11H13NO3S. The van der Waals surface area contributed by atoms with E-state index >= 15 is 0 Å². The van der Waals surface area contributed by atoms with E-state index in [-0.39, 0.29) is 16.4 Å². The molecule has 1 aromatic carbocycles. The molecule has 86 valence electrons. The maximum absolute atomic E-state index is 10.7. The second-order valence-electron chi connectivity index (χ2n) is 3.38. The molecule has 4 nitrogen and oxygen atoms in total. The smallest absolute Gasteiger partial charge is 0.282 e. The molecule has 1 rings (SSSR count). The van der Waals surface area contributed by atoms with Crippen molar-refractivity contribution in [3.8, 4) is 0 Å². The third-order valence-electron chi connectivity index (χ3n) is 1.99. The van der Waals surface area contributed by atoms with Gasteiger partial charge >= 0.3 is 0 Å². The monoisotopic (exact) mass is 239 g/mol. The van der Waals surface area contributed by atoms with Crippen LogP contribution in [0.4, 0.5) is 5.69 Å². The summed E-state index contributed by atoms with van der Waals surface area (Å²) in [5.74, 6) is 0.882. The topological polar surface area (TPSA) is 60.2 Å². The molecule has 0 saturated carbocycles. The largest absolute Gasteiger partial charge is 0.300 e. The number of ketones is 1. The first-order chi connectivity index (χ1) is 7.61. The van der Waals surface area contributed by atoms with Crippen molar-refractivity contribution in [1.29, 1.82) is 0 Å². The van der Waals surface area contributed by atoms with Gasteiger partial charge in [-0.15, -0.1) is 11.8 Å². The van der Waals surface area contributed by atoms with Gasteiger partial charge in [0.05, 0.1) is 9.82 Å². The lowest BCUT2D eigenvalue weighted by atomic mass is 10.3. The van der Waals surface area contributed by atoms with Crippen LogP contribution in [-0.2, 0) is 4.79 Å². The van der Waals surface area contributed by atoms with Gasteiger partial charge in [0.1, 0.15) is 5.78 Å². The molecule has 0 amide bonds. The van der Waals surface area contributed by atoms with E-state index in [0.717, 1.165) is 12.2 Å². The molecule has 0 aliphatic carbocycles.